The fourth-order valence-electron chi connectivity index (χ4n) is 2.86. The first-order valence-corrected chi connectivity index (χ1v) is 8.30. The van der Waals surface area contributed by atoms with E-state index < -0.39 is 5.97 Å². The van der Waals surface area contributed by atoms with Crippen molar-refractivity contribution >= 4 is 17.4 Å². The van der Waals surface area contributed by atoms with Crippen LogP contribution in [0.25, 0.3) is 0 Å². The Hall–Kier alpha value is -2.60. The molecule has 2 aromatic rings. The molecular weight excluding hydrogens is 320 g/mol. The minimum atomic E-state index is -0.571. The zero-order chi connectivity index (χ0) is 18.4. The van der Waals surface area contributed by atoms with Crippen molar-refractivity contribution in [1.82, 2.24) is 4.57 Å². The number of Topliss-reactive ketones (excluding diaryl/α,β-unsaturated/α-hetero) is 1. The van der Waals surface area contributed by atoms with E-state index in [0.29, 0.717) is 23.4 Å². The van der Waals surface area contributed by atoms with Gasteiger partial charge in [0.15, 0.2) is 6.61 Å². The van der Waals surface area contributed by atoms with E-state index in [9.17, 15) is 9.59 Å². The van der Waals surface area contributed by atoms with Crippen molar-refractivity contribution < 1.29 is 19.4 Å². The number of aliphatic hydroxyl groups excluding tert-OH is 1. The lowest BCUT2D eigenvalue weighted by atomic mass is 10.1. The van der Waals surface area contributed by atoms with Gasteiger partial charge in [0.2, 0.25) is 5.78 Å². The molecule has 6 nitrogen and oxygen atoms in total. The summed E-state index contributed by atoms with van der Waals surface area (Å²) in [6.07, 6.45) is 0. The van der Waals surface area contributed by atoms with Crippen LogP contribution in [0, 0.1) is 13.8 Å². The highest BCUT2D eigenvalue weighted by Gasteiger charge is 2.18. The van der Waals surface area contributed by atoms with Crippen molar-refractivity contribution in [3.63, 3.8) is 0 Å². The number of benzene rings is 1. The molecule has 1 aromatic heterocycles. The second-order valence-electron chi connectivity index (χ2n) is 5.72. The topological polar surface area (TPSA) is 80.6 Å². The van der Waals surface area contributed by atoms with Gasteiger partial charge in [0.25, 0.3) is 0 Å². The number of ether oxygens (including phenoxy) is 1. The van der Waals surface area contributed by atoms with Gasteiger partial charge in [-0.3, -0.25) is 4.79 Å². The first-order chi connectivity index (χ1) is 12.0. The summed E-state index contributed by atoms with van der Waals surface area (Å²) in [4.78, 5) is 24.7. The summed E-state index contributed by atoms with van der Waals surface area (Å²) in [7, 11) is 0. The number of esters is 1. The fraction of sp³-hybridized carbons (Fsp3) is 0.368. The van der Waals surface area contributed by atoms with Crippen molar-refractivity contribution in [1.29, 1.82) is 0 Å². The van der Waals surface area contributed by atoms with E-state index in [0.717, 1.165) is 17.9 Å². The maximum Gasteiger partial charge on any atom is 0.340 e. The van der Waals surface area contributed by atoms with Crippen LogP contribution in [0.3, 0.4) is 0 Å². The fourth-order valence-corrected chi connectivity index (χ4v) is 2.86. The normalized spacial score (nSPS) is 10.6. The molecule has 0 unspecified atom stereocenters. The molecule has 0 spiro atoms. The van der Waals surface area contributed by atoms with Crippen LogP contribution in [0.4, 0.5) is 5.69 Å². The number of aromatic nitrogens is 1. The highest BCUT2D eigenvalue weighted by atomic mass is 16.5. The smallest absolute Gasteiger partial charge is 0.340 e. The van der Waals surface area contributed by atoms with Gasteiger partial charge in [-0.2, -0.15) is 0 Å². The lowest BCUT2D eigenvalue weighted by molar-refractivity contribution is 0.0475. The van der Waals surface area contributed by atoms with E-state index in [1.165, 1.54) is 0 Å². The lowest BCUT2D eigenvalue weighted by Crippen LogP contribution is -2.17. The average Bonchev–Trinajstić information content (AvgIpc) is 2.91. The van der Waals surface area contributed by atoms with E-state index in [1.54, 1.807) is 24.3 Å². The summed E-state index contributed by atoms with van der Waals surface area (Å²) < 4.78 is 7.25. The van der Waals surface area contributed by atoms with Crippen molar-refractivity contribution in [2.45, 2.75) is 27.3 Å². The lowest BCUT2D eigenvalue weighted by Gasteiger charge is -2.11. The number of rotatable bonds is 8. The van der Waals surface area contributed by atoms with Crippen LogP contribution >= 0.6 is 0 Å². The van der Waals surface area contributed by atoms with Crippen LogP contribution in [0.15, 0.2) is 30.3 Å². The molecule has 0 saturated carbocycles. The summed E-state index contributed by atoms with van der Waals surface area (Å²) in [5, 5.41) is 11.9. The number of carbonyl (C=O) groups is 2. The van der Waals surface area contributed by atoms with Crippen molar-refractivity contribution in [3.8, 4) is 0 Å². The van der Waals surface area contributed by atoms with Gasteiger partial charge in [-0.1, -0.05) is 12.1 Å². The number of aryl methyl sites for hydroxylation is 1. The molecule has 0 atom stereocenters. The molecule has 2 N–H and O–H groups in total. The van der Waals surface area contributed by atoms with Crippen LogP contribution in [-0.2, 0) is 11.3 Å². The number of ketones is 1. The third kappa shape index (κ3) is 4.28. The van der Waals surface area contributed by atoms with Crippen LogP contribution in [0.5, 0.6) is 0 Å². The highest BCUT2D eigenvalue weighted by Crippen LogP contribution is 2.18. The molecule has 0 saturated heterocycles. The molecule has 0 aliphatic heterocycles. The largest absolute Gasteiger partial charge is 0.454 e. The number of hydrogen-bond donors (Lipinski definition) is 2. The summed E-state index contributed by atoms with van der Waals surface area (Å²) in [6.45, 7) is 6.61. The molecule has 0 fully saturated rings. The Labute approximate surface area is 147 Å². The molecule has 1 aromatic carbocycles. The van der Waals surface area contributed by atoms with E-state index in [1.807, 2.05) is 31.4 Å². The van der Waals surface area contributed by atoms with Gasteiger partial charge in [0, 0.05) is 35.7 Å². The average molecular weight is 344 g/mol. The van der Waals surface area contributed by atoms with Crippen LogP contribution < -0.4 is 5.32 Å². The van der Waals surface area contributed by atoms with Crippen molar-refractivity contribution in [3.05, 3.63) is 52.8 Å². The summed E-state index contributed by atoms with van der Waals surface area (Å²) in [6, 6.07) is 8.67. The van der Waals surface area contributed by atoms with Gasteiger partial charge in [-0.25, -0.2) is 4.79 Å². The quantitative estimate of drug-likeness (QED) is 0.568. The molecule has 0 aliphatic carbocycles. The summed E-state index contributed by atoms with van der Waals surface area (Å²) in [5.41, 5.74) is 3.37. The highest BCUT2D eigenvalue weighted by molar-refractivity contribution is 6.01. The predicted octanol–water partition coefficient (Wildman–Crippen LogP) is 2.57. The Morgan fingerprint density at radius 1 is 1.20 bits per heavy atom. The van der Waals surface area contributed by atoms with Crippen molar-refractivity contribution in [2.75, 3.05) is 25.1 Å². The zero-order valence-electron chi connectivity index (χ0n) is 14.8. The molecule has 0 bridgehead atoms. The predicted molar refractivity (Wildman–Crippen MR) is 96.2 cm³/mol. The molecule has 25 heavy (non-hydrogen) atoms. The number of nitrogens with one attached hydrogen (secondary N) is 1. The van der Waals surface area contributed by atoms with Gasteiger partial charge in [0.05, 0.1) is 12.2 Å². The molecule has 0 amide bonds. The zero-order valence-corrected chi connectivity index (χ0v) is 14.8. The third-order valence-corrected chi connectivity index (χ3v) is 4.10. The molecule has 6 heteroatoms. The molecular formula is C19H24N2O4. The van der Waals surface area contributed by atoms with E-state index in [4.69, 9.17) is 9.84 Å². The van der Waals surface area contributed by atoms with Gasteiger partial charge in [0.1, 0.15) is 0 Å². The minimum absolute atomic E-state index is 0.0467. The number of hydrogen-bond acceptors (Lipinski definition) is 5. The monoisotopic (exact) mass is 344 g/mol. The Morgan fingerprint density at radius 3 is 2.56 bits per heavy atom. The molecule has 134 valence electrons. The second-order valence-corrected chi connectivity index (χ2v) is 5.72. The summed E-state index contributed by atoms with van der Waals surface area (Å²) >= 11 is 0. The van der Waals surface area contributed by atoms with Gasteiger partial charge in [-0.15, -0.1) is 0 Å². The van der Waals surface area contributed by atoms with Gasteiger partial charge >= 0.3 is 5.97 Å². The van der Waals surface area contributed by atoms with Gasteiger partial charge < -0.3 is 19.7 Å². The van der Waals surface area contributed by atoms with Crippen LogP contribution in [0.2, 0.25) is 0 Å². The molecule has 1 heterocycles. The first kappa shape index (κ1) is 18.7. The standard InChI is InChI=1S/C19H24N2O4/c1-4-21-13(2)11-16(14(21)3)18(23)12-25-19(24)15-7-5-6-8-17(15)20-9-10-22/h5-8,11,20,22H,4,9-10,12H2,1-3H3. The van der Waals surface area contributed by atoms with Crippen molar-refractivity contribution in [2.24, 2.45) is 0 Å². The first-order valence-electron chi connectivity index (χ1n) is 8.30. The molecule has 0 aliphatic rings. The summed E-state index contributed by atoms with van der Waals surface area (Å²) in [5.74, 6) is -0.791. The number of carbonyl (C=O) groups excluding carboxylic acids is 2. The maximum absolute atomic E-state index is 12.4. The van der Waals surface area contributed by atoms with E-state index >= 15 is 0 Å². The number of nitrogens with zero attached hydrogens (tertiary/aromatic N) is 1. The molecule has 2 rings (SSSR count). The second kappa shape index (κ2) is 8.48. The minimum Gasteiger partial charge on any atom is -0.454 e. The third-order valence-electron chi connectivity index (χ3n) is 4.10. The number of anilines is 1. The van der Waals surface area contributed by atoms with Crippen LogP contribution in [0.1, 0.15) is 39.0 Å². The van der Waals surface area contributed by atoms with E-state index in [2.05, 4.69) is 5.32 Å². The maximum atomic E-state index is 12.4. The number of aliphatic hydroxyl groups is 1. The SMILES string of the molecule is CCn1c(C)cc(C(=O)COC(=O)c2ccccc2NCCO)c1C. The van der Waals surface area contributed by atoms with Gasteiger partial charge in [-0.05, 0) is 39.0 Å². The Bertz CT molecular complexity index is 765. The Balaban J connectivity index is 2.06. The van der Waals surface area contributed by atoms with E-state index in [-0.39, 0.29) is 19.0 Å². The van der Waals surface area contributed by atoms with Crippen LogP contribution in [-0.4, -0.2) is 41.2 Å². The number of para-hydroxylation sites is 1. The Morgan fingerprint density at radius 2 is 1.92 bits per heavy atom. The molecule has 0 radical (unpaired) electrons. The Kier molecular flexibility index (Phi) is 6.36.